The molecule has 0 aliphatic heterocycles. The molecule has 0 fully saturated rings. The summed E-state index contributed by atoms with van der Waals surface area (Å²) in [6.45, 7) is 4.33. The van der Waals surface area contributed by atoms with Gasteiger partial charge in [0.05, 0.1) is 10.0 Å². The van der Waals surface area contributed by atoms with E-state index in [-0.39, 0.29) is 0 Å². The molecule has 0 bridgehead atoms. The van der Waals surface area contributed by atoms with Gasteiger partial charge in [0.2, 0.25) is 0 Å². The van der Waals surface area contributed by atoms with Crippen molar-refractivity contribution >= 4 is 43.0 Å². The molecule has 0 aliphatic carbocycles. The average Bonchev–Trinajstić information content (AvgIpc) is 2.35. The van der Waals surface area contributed by atoms with Crippen LogP contribution in [0, 0.1) is 0 Å². The van der Waals surface area contributed by atoms with E-state index in [0.717, 1.165) is 21.4 Å². The van der Waals surface area contributed by atoms with Gasteiger partial charge >= 0.3 is 0 Å². The molecule has 0 amide bonds. The van der Waals surface area contributed by atoms with Crippen LogP contribution in [0.5, 0.6) is 0 Å². The summed E-state index contributed by atoms with van der Waals surface area (Å²) in [5.41, 5.74) is 1.89. The molecule has 0 heterocycles. The van der Waals surface area contributed by atoms with Gasteiger partial charge < -0.3 is 9.96 Å². The predicted octanol–water partition coefficient (Wildman–Crippen LogP) is 5.22. The maximum absolute atomic E-state index is 6.17. The van der Waals surface area contributed by atoms with Crippen molar-refractivity contribution in [2.75, 3.05) is 9.96 Å². The number of nitrogens with one attached hydrogen (secondary N) is 2. The minimum Gasteiger partial charge on any atom is -0.393 e. The van der Waals surface area contributed by atoms with E-state index in [2.05, 4.69) is 23.1 Å². The van der Waals surface area contributed by atoms with Gasteiger partial charge in [-0.1, -0.05) is 47.5 Å². The standard InChI is InChI=1S/C14H16Cl2N2Si/c1-19(2,17-13-9-5-3-7-11(13)15)18-14-10-6-4-8-12(14)16/h3-10,17-18H,1-2H3. The van der Waals surface area contributed by atoms with E-state index in [1.807, 2.05) is 48.5 Å². The van der Waals surface area contributed by atoms with E-state index < -0.39 is 8.40 Å². The second kappa shape index (κ2) is 5.86. The number of hydrogen-bond donors (Lipinski definition) is 2. The summed E-state index contributed by atoms with van der Waals surface area (Å²) in [6.07, 6.45) is 0. The van der Waals surface area contributed by atoms with Crippen LogP contribution in [0.25, 0.3) is 0 Å². The first kappa shape index (κ1) is 14.3. The summed E-state index contributed by atoms with van der Waals surface area (Å²) in [6, 6.07) is 15.5. The summed E-state index contributed by atoms with van der Waals surface area (Å²) in [4.78, 5) is 7.00. The fraction of sp³-hybridized carbons (Fsp3) is 0.143. The van der Waals surface area contributed by atoms with Crippen LogP contribution in [0.1, 0.15) is 0 Å². The van der Waals surface area contributed by atoms with Crippen molar-refractivity contribution in [3.05, 3.63) is 58.6 Å². The minimum absolute atomic E-state index is 0.726. The van der Waals surface area contributed by atoms with Crippen molar-refractivity contribution in [2.24, 2.45) is 0 Å². The summed E-state index contributed by atoms with van der Waals surface area (Å²) >= 11 is 12.3. The van der Waals surface area contributed by atoms with Crippen LogP contribution in [0.4, 0.5) is 11.4 Å². The van der Waals surface area contributed by atoms with Crippen molar-refractivity contribution in [1.29, 1.82) is 0 Å². The van der Waals surface area contributed by atoms with E-state index in [1.54, 1.807) is 0 Å². The van der Waals surface area contributed by atoms with Crippen molar-refractivity contribution in [3.8, 4) is 0 Å². The molecule has 0 aromatic heterocycles. The Hall–Kier alpha value is -1.16. The maximum atomic E-state index is 6.17. The summed E-state index contributed by atoms with van der Waals surface area (Å²) in [5, 5.41) is 1.45. The highest BCUT2D eigenvalue weighted by atomic mass is 35.5. The van der Waals surface area contributed by atoms with Crippen LogP contribution in [0.2, 0.25) is 23.1 Å². The first-order valence-electron chi connectivity index (χ1n) is 6.03. The van der Waals surface area contributed by atoms with Gasteiger partial charge in [-0.05, 0) is 37.4 Å². The highest BCUT2D eigenvalue weighted by molar-refractivity contribution is 6.83. The lowest BCUT2D eigenvalue weighted by atomic mass is 10.3. The van der Waals surface area contributed by atoms with Gasteiger partial charge in [0.1, 0.15) is 0 Å². The monoisotopic (exact) mass is 310 g/mol. The highest BCUT2D eigenvalue weighted by Crippen LogP contribution is 2.26. The number of rotatable bonds is 4. The summed E-state index contributed by atoms with van der Waals surface area (Å²) < 4.78 is 0. The largest absolute Gasteiger partial charge is 0.393 e. The number of para-hydroxylation sites is 2. The van der Waals surface area contributed by atoms with E-state index in [4.69, 9.17) is 23.2 Å². The third kappa shape index (κ3) is 3.90. The molecule has 0 spiro atoms. The fourth-order valence-corrected chi connectivity index (χ4v) is 4.20. The Morgan fingerprint density at radius 1 is 0.737 bits per heavy atom. The molecule has 2 aromatic carbocycles. The predicted molar refractivity (Wildman–Crippen MR) is 87.6 cm³/mol. The minimum atomic E-state index is -1.92. The smallest absolute Gasteiger partial charge is 0.252 e. The van der Waals surface area contributed by atoms with Gasteiger partial charge in [-0.15, -0.1) is 0 Å². The number of hydrogen-bond acceptors (Lipinski definition) is 2. The van der Waals surface area contributed by atoms with Crippen molar-refractivity contribution in [3.63, 3.8) is 0 Å². The topological polar surface area (TPSA) is 24.1 Å². The van der Waals surface area contributed by atoms with Crippen LogP contribution < -0.4 is 9.96 Å². The van der Waals surface area contributed by atoms with Crippen molar-refractivity contribution in [2.45, 2.75) is 13.1 Å². The van der Waals surface area contributed by atoms with Crippen molar-refractivity contribution < 1.29 is 0 Å². The quantitative estimate of drug-likeness (QED) is 0.757. The molecule has 0 atom stereocenters. The molecule has 100 valence electrons. The molecule has 2 nitrogen and oxygen atoms in total. The van der Waals surface area contributed by atoms with Gasteiger partial charge in [-0.2, -0.15) is 0 Å². The first-order valence-corrected chi connectivity index (χ1v) is 9.79. The lowest BCUT2D eigenvalue weighted by molar-refractivity contribution is 1.52. The van der Waals surface area contributed by atoms with Gasteiger partial charge in [-0.3, -0.25) is 0 Å². The second-order valence-electron chi connectivity index (χ2n) is 4.83. The zero-order valence-corrected chi connectivity index (χ0v) is 13.4. The van der Waals surface area contributed by atoms with Gasteiger partial charge in [0.15, 0.2) is 0 Å². The van der Waals surface area contributed by atoms with E-state index in [0.29, 0.717) is 0 Å². The van der Waals surface area contributed by atoms with Crippen LogP contribution in [-0.4, -0.2) is 8.40 Å². The molecule has 2 rings (SSSR count). The Bertz CT molecular complexity index is 523. The second-order valence-corrected chi connectivity index (χ2v) is 9.40. The van der Waals surface area contributed by atoms with Crippen LogP contribution in [-0.2, 0) is 0 Å². The van der Waals surface area contributed by atoms with E-state index in [9.17, 15) is 0 Å². The van der Waals surface area contributed by atoms with Crippen LogP contribution in [0.3, 0.4) is 0 Å². The molecule has 0 radical (unpaired) electrons. The SMILES string of the molecule is C[Si](C)(Nc1ccccc1Cl)Nc1ccccc1Cl. The van der Waals surface area contributed by atoms with Gasteiger partial charge in [0, 0.05) is 11.4 Å². The molecule has 0 saturated carbocycles. The molecule has 19 heavy (non-hydrogen) atoms. The number of benzene rings is 2. The average molecular weight is 311 g/mol. The molecule has 5 heteroatoms. The Kier molecular flexibility index (Phi) is 4.40. The molecule has 2 aromatic rings. The Balaban J connectivity index is 2.15. The van der Waals surface area contributed by atoms with E-state index >= 15 is 0 Å². The molecular weight excluding hydrogens is 295 g/mol. The molecule has 0 saturated heterocycles. The lowest BCUT2D eigenvalue weighted by Crippen LogP contribution is -2.46. The highest BCUT2D eigenvalue weighted by Gasteiger charge is 2.23. The Morgan fingerprint density at radius 2 is 1.11 bits per heavy atom. The van der Waals surface area contributed by atoms with Gasteiger partial charge in [-0.25, -0.2) is 0 Å². The zero-order chi connectivity index (χ0) is 13.9. The third-order valence-electron chi connectivity index (χ3n) is 2.64. The number of anilines is 2. The molecule has 0 aliphatic rings. The summed E-state index contributed by atoms with van der Waals surface area (Å²) in [5.74, 6) is 0. The zero-order valence-electron chi connectivity index (χ0n) is 10.9. The normalized spacial score (nSPS) is 11.2. The Morgan fingerprint density at radius 3 is 1.47 bits per heavy atom. The molecule has 2 N–H and O–H groups in total. The third-order valence-corrected chi connectivity index (χ3v) is 5.09. The maximum Gasteiger partial charge on any atom is 0.252 e. The Labute approximate surface area is 124 Å². The molecular formula is C14H16Cl2N2Si. The number of halogens is 2. The van der Waals surface area contributed by atoms with Crippen molar-refractivity contribution in [1.82, 2.24) is 0 Å². The van der Waals surface area contributed by atoms with Crippen LogP contribution in [0.15, 0.2) is 48.5 Å². The van der Waals surface area contributed by atoms with Crippen LogP contribution >= 0.6 is 23.2 Å². The van der Waals surface area contributed by atoms with Gasteiger partial charge in [0.25, 0.3) is 8.40 Å². The first-order chi connectivity index (χ1) is 8.98. The van der Waals surface area contributed by atoms with E-state index in [1.165, 1.54) is 0 Å². The molecule has 0 unspecified atom stereocenters. The lowest BCUT2D eigenvalue weighted by Gasteiger charge is -2.28. The fourth-order valence-electron chi connectivity index (χ4n) is 1.83. The summed E-state index contributed by atoms with van der Waals surface area (Å²) in [7, 11) is -1.92.